The molecule has 1 aromatic rings. The summed E-state index contributed by atoms with van der Waals surface area (Å²) in [6.45, 7) is 4.61. The predicted octanol–water partition coefficient (Wildman–Crippen LogP) is 2.86. The third kappa shape index (κ3) is 3.62. The van der Waals surface area contributed by atoms with Crippen LogP contribution in [0.15, 0.2) is 4.52 Å². The third-order valence-electron chi connectivity index (χ3n) is 3.61. The van der Waals surface area contributed by atoms with Crippen LogP contribution in [0.4, 0.5) is 0 Å². The number of Topliss-reactive ketones (excluding diaryl/α,β-unsaturated/α-hetero) is 1. The second-order valence-electron chi connectivity index (χ2n) is 5.01. The molecule has 0 aliphatic heterocycles. The largest absolute Gasteiger partial charge is 0.370 e. The minimum Gasteiger partial charge on any atom is -0.370 e. The number of aromatic nitrogens is 2. The molecule has 1 heterocycles. The molecule has 0 aromatic carbocycles. The fourth-order valence-electron chi connectivity index (χ4n) is 2.54. The van der Waals surface area contributed by atoms with Crippen molar-refractivity contribution in [2.45, 2.75) is 58.5 Å². The van der Waals surface area contributed by atoms with Crippen molar-refractivity contribution in [2.75, 3.05) is 6.61 Å². The number of nitrogens with zero attached hydrogens (tertiary/aromatic N) is 2. The lowest BCUT2D eigenvalue weighted by molar-refractivity contribution is -0.124. The summed E-state index contributed by atoms with van der Waals surface area (Å²) in [6, 6.07) is 0. The van der Waals surface area contributed by atoms with Crippen molar-refractivity contribution in [3.63, 3.8) is 0 Å². The lowest BCUT2D eigenvalue weighted by atomic mass is 9.86. The smallest absolute Gasteiger partial charge is 0.227 e. The van der Waals surface area contributed by atoms with Crippen LogP contribution in [0.3, 0.4) is 0 Å². The van der Waals surface area contributed by atoms with E-state index < -0.39 is 0 Å². The zero-order valence-corrected chi connectivity index (χ0v) is 11.7. The summed E-state index contributed by atoms with van der Waals surface area (Å²) in [5.41, 5.74) is 0. The molecule has 19 heavy (non-hydrogen) atoms. The Morgan fingerprint density at radius 2 is 2.26 bits per heavy atom. The van der Waals surface area contributed by atoms with Gasteiger partial charge in [0.1, 0.15) is 11.9 Å². The van der Waals surface area contributed by atoms with Gasteiger partial charge < -0.3 is 9.26 Å². The number of rotatable bonds is 6. The maximum absolute atomic E-state index is 11.8. The highest BCUT2D eigenvalue weighted by Crippen LogP contribution is 2.24. The molecule has 0 spiro atoms. The SMILES string of the molecule is CCOC(CC)c1noc(CC2CCCCC2=O)n1. The van der Waals surface area contributed by atoms with Crippen molar-refractivity contribution >= 4 is 5.78 Å². The van der Waals surface area contributed by atoms with Gasteiger partial charge in [0.15, 0.2) is 0 Å². The number of ether oxygens (including phenoxy) is 1. The first-order chi connectivity index (χ1) is 9.24. The molecule has 1 aliphatic rings. The Morgan fingerprint density at radius 1 is 1.42 bits per heavy atom. The van der Waals surface area contributed by atoms with E-state index in [4.69, 9.17) is 9.26 Å². The normalized spacial score (nSPS) is 21.6. The molecule has 106 valence electrons. The fraction of sp³-hybridized carbons (Fsp3) is 0.786. The van der Waals surface area contributed by atoms with Gasteiger partial charge >= 0.3 is 0 Å². The van der Waals surface area contributed by atoms with E-state index in [1.54, 1.807) is 0 Å². The van der Waals surface area contributed by atoms with Gasteiger partial charge in [0.05, 0.1) is 0 Å². The quantitative estimate of drug-likeness (QED) is 0.792. The molecule has 1 saturated carbocycles. The van der Waals surface area contributed by atoms with Gasteiger partial charge in [-0.2, -0.15) is 4.98 Å². The van der Waals surface area contributed by atoms with Gasteiger partial charge in [-0.15, -0.1) is 0 Å². The van der Waals surface area contributed by atoms with Gasteiger partial charge in [0, 0.05) is 25.4 Å². The van der Waals surface area contributed by atoms with Crippen LogP contribution in [0.2, 0.25) is 0 Å². The van der Waals surface area contributed by atoms with Crippen LogP contribution in [0.25, 0.3) is 0 Å². The van der Waals surface area contributed by atoms with Crippen LogP contribution in [0.1, 0.15) is 63.8 Å². The highest BCUT2D eigenvalue weighted by molar-refractivity contribution is 5.81. The Balaban J connectivity index is 1.98. The minimum atomic E-state index is -0.107. The summed E-state index contributed by atoms with van der Waals surface area (Å²) in [6.07, 6.45) is 5.07. The van der Waals surface area contributed by atoms with Crippen LogP contribution < -0.4 is 0 Å². The van der Waals surface area contributed by atoms with E-state index in [1.165, 1.54) is 0 Å². The van der Waals surface area contributed by atoms with Crippen molar-refractivity contribution in [3.8, 4) is 0 Å². The number of carbonyl (C=O) groups is 1. The van der Waals surface area contributed by atoms with Crippen LogP contribution in [-0.2, 0) is 16.0 Å². The van der Waals surface area contributed by atoms with Gasteiger partial charge in [0.2, 0.25) is 11.7 Å². The van der Waals surface area contributed by atoms with E-state index in [0.29, 0.717) is 36.9 Å². The Morgan fingerprint density at radius 3 is 2.95 bits per heavy atom. The van der Waals surface area contributed by atoms with E-state index >= 15 is 0 Å². The van der Waals surface area contributed by atoms with Crippen LogP contribution in [-0.4, -0.2) is 22.5 Å². The predicted molar refractivity (Wildman–Crippen MR) is 69.6 cm³/mol. The molecule has 0 radical (unpaired) electrons. The first kappa shape index (κ1) is 14.2. The Hall–Kier alpha value is -1.23. The van der Waals surface area contributed by atoms with Crippen molar-refractivity contribution in [1.29, 1.82) is 0 Å². The summed E-state index contributed by atoms with van der Waals surface area (Å²) in [7, 11) is 0. The third-order valence-corrected chi connectivity index (χ3v) is 3.61. The first-order valence-corrected chi connectivity index (χ1v) is 7.21. The van der Waals surface area contributed by atoms with Gasteiger partial charge in [-0.25, -0.2) is 0 Å². The van der Waals surface area contributed by atoms with Gasteiger partial charge in [-0.1, -0.05) is 18.5 Å². The standard InChI is InChI=1S/C14H22N2O3/c1-3-12(18-4-2)14-15-13(19-16-14)9-10-7-5-6-8-11(10)17/h10,12H,3-9H2,1-2H3. The monoisotopic (exact) mass is 266 g/mol. The molecule has 2 atom stereocenters. The molecule has 0 bridgehead atoms. The van der Waals surface area contributed by atoms with E-state index in [0.717, 1.165) is 25.7 Å². The summed E-state index contributed by atoms with van der Waals surface area (Å²) in [5, 5.41) is 3.97. The molecule has 0 saturated heterocycles. The fourth-order valence-corrected chi connectivity index (χ4v) is 2.54. The van der Waals surface area contributed by atoms with Crippen molar-refractivity contribution in [3.05, 3.63) is 11.7 Å². The number of hydrogen-bond donors (Lipinski definition) is 0. The molecule has 2 unspecified atom stereocenters. The van der Waals surface area contributed by atoms with E-state index in [1.807, 2.05) is 13.8 Å². The molecular weight excluding hydrogens is 244 g/mol. The number of hydrogen-bond acceptors (Lipinski definition) is 5. The van der Waals surface area contributed by atoms with E-state index in [9.17, 15) is 4.79 Å². The van der Waals surface area contributed by atoms with Crippen LogP contribution >= 0.6 is 0 Å². The van der Waals surface area contributed by atoms with E-state index in [2.05, 4.69) is 10.1 Å². The van der Waals surface area contributed by atoms with Crippen LogP contribution in [0, 0.1) is 5.92 Å². The highest BCUT2D eigenvalue weighted by atomic mass is 16.5. The Bertz CT molecular complexity index is 417. The number of ketones is 1. The molecule has 2 rings (SSSR count). The van der Waals surface area contributed by atoms with Gasteiger partial charge in [-0.3, -0.25) is 4.79 Å². The van der Waals surface area contributed by atoms with E-state index in [-0.39, 0.29) is 12.0 Å². The summed E-state index contributed by atoms with van der Waals surface area (Å²) in [5.74, 6) is 1.56. The zero-order chi connectivity index (χ0) is 13.7. The molecule has 0 N–H and O–H groups in total. The topological polar surface area (TPSA) is 65.2 Å². The molecule has 5 nitrogen and oxygen atoms in total. The summed E-state index contributed by atoms with van der Waals surface area (Å²) >= 11 is 0. The summed E-state index contributed by atoms with van der Waals surface area (Å²) in [4.78, 5) is 16.2. The Kier molecular flexibility index (Phi) is 5.07. The molecular formula is C14H22N2O3. The molecule has 5 heteroatoms. The summed E-state index contributed by atoms with van der Waals surface area (Å²) < 4.78 is 10.8. The maximum Gasteiger partial charge on any atom is 0.227 e. The van der Waals surface area contributed by atoms with Gasteiger partial charge in [0.25, 0.3) is 0 Å². The zero-order valence-electron chi connectivity index (χ0n) is 11.7. The minimum absolute atomic E-state index is 0.0641. The van der Waals surface area contributed by atoms with Crippen molar-refractivity contribution < 1.29 is 14.1 Å². The van der Waals surface area contributed by atoms with Gasteiger partial charge in [-0.05, 0) is 26.2 Å². The lowest BCUT2D eigenvalue weighted by Gasteiger charge is -2.18. The lowest BCUT2D eigenvalue weighted by Crippen LogP contribution is -2.21. The Labute approximate surface area is 113 Å². The molecule has 1 aromatic heterocycles. The van der Waals surface area contributed by atoms with Crippen LogP contribution in [0.5, 0.6) is 0 Å². The molecule has 0 amide bonds. The maximum atomic E-state index is 11.8. The second kappa shape index (κ2) is 6.80. The average molecular weight is 266 g/mol. The highest BCUT2D eigenvalue weighted by Gasteiger charge is 2.25. The first-order valence-electron chi connectivity index (χ1n) is 7.21. The second-order valence-corrected chi connectivity index (χ2v) is 5.01. The van der Waals surface area contributed by atoms with Crippen molar-refractivity contribution in [2.24, 2.45) is 5.92 Å². The van der Waals surface area contributed by atoms with Crippen molar-refractivity contribution in [1.82, 2.24) is 10.1 Å². The molecule has 1 fully saturated rings. The number of carbonyl (C=O) groups excluding carboxylic acids is 1. The average Bonchev–Trinajstić information content (AvgIpc) is 2.87. The molecule has 1 aliphatic carbocycles.